The van der Waals surface area contributed by atoms with E-state index in [2.05, 4.69) is 24.9 Å². The Morgan fingerprint density at radius 2 is 1.86 bits per heavy atom. The molecule has 4 rings (SSSR count). The lowest BCUT2D eigenvalue weighted by molar-refractivity contribution is -0.147. The highest BCUT2D eigenvalue weighted by atomic mass is 19.1. The van der Waals surface area contributed by atoms with Gasteiger partial charge in [-0.1, -0.05) is 12.1 Å². The van der Waals surface area contributed by atoms with E-state index in [4.69, 9.17) is 4.74 Å². The van der Waals surface area contributed by atoms with Crippen LogP contribution in [0, 0.1) is 5.82 Å². The second-order valence-electron chi connectivity index (χ2n) is 6.70. The van der Waals surface area contributed by atoms with Crippen molar-refractivity contribution in [1.29, 1.82) is 0 Å². The van der Waals surface area contributed by atoms with Crippen LogP contribution in [-0.4, -0.2) is 63.9 Å². The van der Waals surface area contributed by atoms with Gasteiger partial charge in [-0.15, -0.1) is 0 Å². The van der Waals surface area contributed by atoms with E-state index in [9.17, 15) is 9.18 Å². The highest BCUT2D eigenvalue weighted by Crippen LogP contribution is 2.27. The van der Waals surface area contributed by atoms with Crippen LogP contribution in [0.5, 0.6) is 0 Å². The minimum Gasteiger partial charge on any atom is -0.468 e. The molecule has 1 atom stereocenters. The highest BCUT2D eigenvalue weighted by Gasteiger charge is 2.32. The van der Waals surface area contributed by atoms with Gasteiger partial charge in [-0.25, -0.2) is 19.2 Å². The van der Waals surface area contributed by atoms with Crippen molar-refractivity contribution < 1.29 is 13.9 Å². The maximum atomic E-state index is 13.3. The van der Waals surface area contributed by atoms with Crippen LogP contribution in [0.15, 0.2) is 36.8 Å². The number of hydrogen-bond donors (Lipinski definition) is 0. The summed E-state index contributed by atoms with van der Waals surface area (Å²) in [5.41, 5.74) is 1.50. The van der Waals surface area contributed by atoms with Crippen LogP contribution in [0.4, 0.5) is 10.2 Å². The standard InChI is InChI=1S/C19H21FN6O2/c1-24-17-15(11-23-24)18(22-12-21-17)26-9-7-25(8-10-26)16(19(27)28-2)13-3-5-14(20)6-4-13/h3-6,11-12,16H,7-10H2,1-2H3/t16-/m1/s1. The summed E-state index contributed by atoms with van der Waals surface area (Å²) in [6.07, 6.45) is 3.31. The number of carbonyl (C=O) groups is 1. The van der Waals surface area contributed by atoms with Gasteiger partial charge in [0.05, 0.1) is 18.7 Å². The van der Waals surface area contributed by atoms with E-state index < -0.39 is 6.04 Å². The molecule has 1 aliphatic rings. The van der Waals surface area contributed by atoms with Crippen LogP contribution < -0.4 is 4.90 Å². The van der Waals surface area contributed by atoms with Crippen molar-refractivity contribution in [1.82, 2.24) is 24.6 Å². The molecule has 1 aromatic carbocycles. The van der Waals surface area contributed by atoms with Crippen LogP contribution in [0.25, 0.3) is 11.0 Å². The quantitative estimate of drug-likeness (QED) is 0.632. The first kappa shape index (κ1) is 18.3. The zero-order valence-electron chi connectivity index (χ0n) is 15.7. The van der Waals surface area contributed by atoms with Gasteiger partial charge in [-0.2, -0.15) is 5.10 Å². The summed E-state index contributed by atoms with van der Waals surface area (Å²) in [6.45, 7) is 2.66. The van der Waals surface area contributed by atoms with E-state index in [1.165, 1.54) is 19.2 Å². The average Bonchev–Trinajstić information content (AvgIpc) is 3.11. The number of aromatic nitrogens is 4. The number of nitrogens with zero attached hydrogens (tertiary/aromatic N) is 6. The Balaban J connectivity index is 1.54. The summed E-state index contributed by atoms with van der Waals surface area (Å²) in [6, 6.07) is 5.43. The number of carbonyl (C=O) groups excluding carboxylic acids is 1. The molecule has 3 heterocycles. The molecule has 0 unspecified atom stereocenters. The first-order valence-electron chi connectivity index (χ1n) is 9.03. The molecule has 8 nitrogen and oxygen atoms in total. The van der Waals surface area contributed by atoms with Crippen molar-refractivity contribution in [3.63, 3.8) is 0 Å². The molecule has 2 aromatic heterocycles. The SMILES string of the molecule is COC(=O)[C@@H](c1ccc(F)cc1)N1CCN(c2ncnc3c2cnn3C)CC1. The predicted molar refractivity (Wildman–Crippen MR) is 101 cm³/mol. The van der Waals surface area contributed by atoms with Gasteiger partial charge in [0.25, 0.3) is 0 Å². The fourth-order valence-corrected chi connectivity index (χ4v) is 3.65. The number of rotatable bonds is 4. The number of piperazine rings is 1. The molecule has 0 bridgehead atoms. The number of ether oxygens (including phenoxy) is 1. The summed E-state index contributed by atoms with van der Waals surface area (Å²) in [5, 5.41) is 5.16. The third-order valence-electron chi connectivity index (χ3n) is 5.10. The van der Waals surface area contributed by atoms with E-state index in [1.54, 1.807) is 29.3 Å². The lowest BCUT2D eigenvalue weighted by Crippen LogP contribution is -2.49. The molecule has 1 fully saturated rings. The molecule has 0 amide bonds. The first-order valence-corrected chi connectivity index (χ1v) is 9.03. The van der Waals surface area contributed by atoms with E-state index in [0.717, 1.165) is 22.4 Å². The number of halogens is 1. The van der Waals surface area contributed by atoms with Crippen molar-refractivity contribution >= 4 is 22.8 Å². The van der Waals surface area contributed by atoms with E-state index in [-0.39, 0.29) is 11.8 Å². The van der Waals surface area contributed by atoms with Gasteiger partial charge in [0.15, 0.2) is 5.65 Å². The van der Waals surface area contributed by atoms with E-state index in [1.807, 2.05) is 7.05 Å². The highest BCUT2D eigenvalue weighted by molar-refractivity contribution is 5.86. The predicted octanol–water partition coefficient (Wildman–Crippen LogP) is 1.54. The Labute approximate surface area is 161 Å². The molecule has 0 N–H and O–H groups in total. The number of benzene rings is 1. The van der Waals surface area contributed by atoms with Crippen LogP contribution in [0.2, 0.25) is 0 Å². The number of fused-ring (bicyclic) bond motifs is 1. The lowest BCUT2D eigenvalue weighted by atomic mass is 10.0. The monoisotopic (exact) mass is 384 g/mol. The summed E-state index contributed by atoms with van der Waals surface area (Å²) < 4.78 is 20.0. The average molecular weight is 384 g/mol. The topological polar surface area (TPSA) is 76.4 Å². The number of methoxy groups -OCH3 is 1. The molecule has 9 heteroatoms. The Bertz CT molecular complexity index is 982. The molecule has 0 saturated carbocycles. The normalized spacial score (nSPS) is 16.3. The Hall–Kier alpha value is -3.07. The van der Waals surface area contributed by atoms with Gasteiger partial charge in [0, 0.05) is 33.2 Å². The second-order valence-corrected chi connectivity index (χ2v) is 6.70. The van der Waals surface area contributed by atoms with Crippen molar-refractivity contribution in [3.8, 4) is 0 Å². The molecular formula is C19H21FN6O2. The van der Waals surface area contributed by atoms with Gasteiger partial charge >= 0.3 is 5.97 Å². The molecule has 146 valence electrons. The number of hydrogen-bond acceptors (Lipinski definition) is 7. The van der Waals surface area contributed by atoms with Crippen LogP contribution >= 0.6 is 0 Å². The van der Waals surface area contributed by atoms with Crippen molar-refractivity contribution in [3.05, 3.63) is 48.2 Å². The molecule has 28 heavy (non-hydrogen) atoms. The summed E-state index contributed by atoms with van der Waals surface area (Å²) >= 11 is 0. The minimum atomic E-state index is -0.559. The Morgan fingerprint density at radius 1 is 1.14 bits per heavy atom. The number of esters is 1. The molecule has 0 radical (unpaired) electrons. The molecule has 0 spiro atoms. The summed E-state index contributed by atoms with van der Waals surface area (Å²) in [7, 11) is 3.22. The van der Waals surface area contributed by atoms with Gasteiger partial charge in [0.2, 0.25) is 0 Å². The molecule has 1 saturated heterocycles. The van der Waals surface area contributed by atoms with Crippen molar-refractivity contribution in [2.75, 3.05) is 38.2 Å². The second kappa shape index (κ2) is 7.51. The van der Waals surface area contributed by atoms with Crippen molar-refractivity contribution in [2.24, 2.45) is 7.05 Å². The maximum Gasteiger partial charge on any atom is 0.327 e. The van der Waals surface area contributed by atoms with E-state index >= 15 is 0 Å². The van der Waals surface area contributed by atoms with Crippen LogP contribution in [0.1, 0.15) is 11.6 Å². The first-order chi connectivity index (χ1) is 13.6. The van der Waals surface area contributed by atoms with Gasteiger partial charge in [0.1, 0.15) is 24.0 Å². The van der Waals surface area contributed by atoms with Gasteiger partial charge < -0.3 is 9.64 Å². The molecule has 0 aliphatic carbocycles. The smallest absolute Gasteiger partial charge is 0.327 e. The zero-order valence-corrected chi connectivity index (χ0v) is 15.7. The molecule has 1 aliphatic heterocycles. The lowest BCUT2D eigenvalue weighted by Gasteiger charge is -2.38. The zero-order chi connectivity index (χ0) is 19.7. The van der Waals surface area contributed by atoms with Crippen LogP contribution in [-0.2, 0) is 16.6 Å². The van der Waals surface area contributed by atoms with Crippen LogP contribution in [0.3, 0.4) is 0 Å². The Morgan fingerprint density at radius 3 is 2.54 bits per heavy atom. The van der Waals surface area contributed by atoms with Gasteiger partial charge in [-0.05, 0) is 17.7 Å². The third-order valence-corrected chi connectivity index (χ3v) is 5.10. The van der Waals surface area contributed by atoms with Crippen molar-refractivity contribution in [2.45, 2.75) is 6.04 Å². The number of anilines is 1. The summed E-state index contributed by atoms with van der Waals surface area (Å²) in [5.74, 6) is 0.160. The number of aryl methyl sites for hydroxylation is 1. The third kappa shape index (κ3) is 3.29. The fraction of sp³-hybridized carbons (Fsp3) is 0.368. The maximum absolute atomic E-state index is 13.3. The molecular weight excluding hydrogens is 363 g/mol. The largest absolute Gasteiger partial charge is 0.468 e. The van der Waals surface area contributed by atoms with E-state index in [0.29, 0.717) is 26.2 Å². The fourth-order valence-electron chi connectivity index (χ4n) is 3.65. The summed E-state index contributed by atoms with van der Waals surface area (Å²) in [4.78, 5) is 25.4. The van der Waals surface area contributed by atoms with Gasteiger partial charge in [-0.3, -0.25) is 9.58 Å². The minimum absolute atomic E-state index is 0.332. The molecule has 3 aromatic rings. The Kier molecular flexibility index (Phi) is 4.91.